The second-order valence-electron chi connectivity index (χ2n) is 10.7. The Labute approximate surface area is 288 Å². The van der Waals surface area contributed by atoms with Crippen molar-refractivity contribution in [2.45, 2.75) is 13.1 Å². The van der Waals surface area contributed by atoms with E-state index >= 15 is 0 Å². The van der Waals surface area contributed by atoms with Gasteiger partial charge in [0.2, 0.25) is 0 Å². The molecular weight excluding hydrogens is 678 g/mol. The van der Waals surface area contributed by atoms with E-state index in [2.05, 4.69) is 4.98 Å². The van der Waals surface area contributed by atoms with Crippen molar-refractivity contribution < 1.29 is 9.59 Å². The van der Waals surface area contributed by atoms with Crippen molar-refractivity contribution in [2.75, 3.05) is 4.90 Å². The van der Waals surface area contributed by atoms with Crippen molar-refractivity contribution in [3.63, 3.8) is 0 Å². The van der Waals surface area contributed by atoms with Gasteiger partial charge >= 0.3 is 0 Å². The molecule has 0 unspecified atom stereocenters. The van der Waals surface area contributed by atoms with Crippen LogP contribution in [0.25, 0.3) is 21.8 Å². The predicted molar refractivity (Wildman–Crippen MR) is 186 cm³/mol. The molecule has 3 heterocycles. The third-order valence-corrected chi connectivity index (χ3v) is 8.85. The quantitative estimate of drug-likeness (QED) is 0.155. The summed E-state index contributed by atoms with van der Waals surface area (Å²) in [6, 6.07) is 30.0. The summed E-state index contributed by atoms with van der Waals surface area (Å²) in [5.41, 5.74) is 3.04. The van der Waals surface area contributed by atoms with Gasteiger partial charge in [-0.15, -0.1) is 0 Å². The van der Waals surface area contributed by atoms with Crippen LogP contribution in [0.4, 0.5) is 5.82 Å². The SMILES string of the molecule is O=C(c1nn(Cc2ccc(Cl)cc2Cl)c2ccccc12)N(C(=O)c1nn(Cc2ccc(Cl)cc2Cl)c2ccccc12)c1ccccn1. The van der Waals surface area contributed by atoms with E-state index in [4.69, 9.17) is 56.6 Å². The van der Waals surface area contributed by atoms with Crippen LogP contribution in [0.1, 0.15) is 32.1 Å². The van der Waals surface area contributed by atoms with Gasteiger partial charge in [-0.2, -0.15) is 10.2 Å². The highest BCUT2D eigenvalue weighted by Gasteiger charge is 2.33. The number of aromatic nitrogens is 5. The zero-order valence-electron chi connectivity index (χ0n) is 24.3. The first kappa shape index (κ1) is 30.9. The highest BCUT2D eigenvalue weighted by molar-refractivity contribution is 6.35. The average Bonchev–Trinajstić information content (AvgIpc) is 3.63. The molecule has 0 aliphatic heterocycles. The Hall–Kier alpha value is -4.73. The standard InChI is InChI=1S/C35H22Cl4N6O2/c36-23-14-12-21(27(38)17-23)19-43-29-9-3-1-7-25(29)32(41-43)34(46)45(31-11-5-6-16-40-31)35(47)33-26-8-2-4-10-30(26)44(42-33)20-22-13-15-24(37)18-28(22)39/h1-18H,19-20H2. The molecule has 232 valence electrons. The van der Waals surface area contributed by atoms with Crippen LogP contribution in [0.5, 0.6) is 0 Å². The number of para-hydroxylation sites is 2. The number of carbonyl (C=O) groups excluding carboxylic acids is 2. The molecule has 2 amide bonds. The summed E-state index contributed by atoms with van der Waals surface area (Å²) in [5, 5.41) is 12.5. The second-order valence-corrected chi connectivity index (χ2v) is 12.3. The minimum Gasteiger partial charge on any atom is -0.266 e. The molecule has 0 N–H and O–H groups in total. The van der Waals surface area contributed by atoms with E-state index in [-0.39, 0.29) is 30.3 Å². The van der Waals surface area contributed by atoms with Crippen LogP contribution in [0.15, 0.2) is 109 Å². The summed E-state index contributed by atoms with van der Waals surface area (Å²) in [6.07, 6.45) is 1.52. The van der Waals surface area contributed by atoms with Crippen LogP contribution in [-0.4, -0.2) is 36.4 Å². The first-order valence-corrected chi connectivity index (χ1v) is 15.9. The lowest BCUT2D eigenvalue weighted by Gasteiger charge is -2.18. The van der Waals surface area contributed by atoms with Crippen LogP contribution < -0.4 is 4.90 Å². The van der Waals surface area contributed by atoms with Crippen molar-refractivity contribution in [3.05, 3.63) is 152 Å². The number of carbonyl (C=O) groups is 2. The largest absolute Gasteiger partial charge is 0.287 e. The Morgan fingerprint density at radius 2 is 1.06 bits per heavy atom. The molecule has 12 heteroatoms. The van der Waals surface area contributed by atoms with E-state index in [1.165, 1.54) is 6.20 Å². The summed E-state index contributed by atoms with van der Waals surface area (Å²) in [5.74, 6) is -1.20. The first-order valence-electron chi connectivity index (χ1n) is 14.4. The monoisotopic (exact) mass is 698 g/mol. The van der Waals surface area contributed by atoms with Gasteiger partial charge in [-0.1, -0.05) is 101 Å². The molecule has 0 fully saturated rings. The third kappa shape index (κ3) is 5.97. The maximum atomic E-state index is 14.5. The van der Waals surface area contributed by atoms with Crippen molar-refractivity contribution in [1.82, 2.24) is 24.5 Å². The molecular formula is C35H22Cl4N6O2. The third-order valence-electron chi connectivity index (χ3n) is 7.68. The summed E-state index contributed by atoms with van der Waals surface area (Å²) < 4.78 is 3.36. The molecule has 47 heavy (non-hydrogen) atoms. The van der Waals surface area contributed by atoms with Crippen LogP contribution in [0.3, 0.4) is 0 Å². The molecule has 7 aromatic rings. The maximum Gasteiger partial charge on any atom is 0.287 e. The smallest absolute Gasteiger partial charge is 0.266 e. The van der Waals surface area contributed by atoms with E-state index in [1.807, 2.05) is 48.5 Å². The van der Waals surface area contributed by atoms with Gasteiger partial charge in [0.1, 0.15) is 5.82 Å². The molecule has 7 rings (SSSR count). The number of anilines is 1. The summed E-state index contributed by atoms with van der Waals surface area (Å²) in [4.78, 5) is 34.5. The van der Waals surface area contributed by atoms with Crippen molar-refractivity contribution >= 4 is 85.8 Å². The Kier molecular flexibility index (Phi) is 8.42. The molecule has 4 aromatic carbocycles. The lowest BCUT2D eigenvalue weighted by molar-refractivity contribution is 0.0892. The summed E-state index contributed by atoms with van der Waals surface area (Å²) in [7, 11) is 0. The van der Waals surface area contributed by atoms with E-state index < -0.39 is 11.8 Å². The Balaban J connectivity index is 1.33. The number of fused-ring (bicyclic) bond motifs is 2. The number of benzene rings is 4. The number of halogens is 4. The number of imide groups is 1. The molecule has 0 atom stereocenters. The van der Waals surface area contributed by atoms with Crippen molar-refractivity contribution in [2.24, 2.45) is 0 Å². The molecule has 0 aliphatic rings. The fourth-order valence-corrected chi connectivity index (χ4v) is 6.37. The molecule has 0 radical (unpaired) electrons. The Morgan fingerprint density at radius 1 is 0.596 bits per heavy atom. The molecule has 0 bridgehead atoms. The Morgan fingerprint density at radius 3 is 1.51 bits per heavy atom. The molecule has 0 saturated carbocycles. The highest BCUT2D eigenvalue weighted by atomic mass is 35.5. The minimum atomic E-state index is -0.662. The van der Waals surface area contributed by atoms with E-state index in [1.54, 1.807) is 64.0 Å². The van der Waals surface area contributed by atoms with Gasteiger partial charge in [0.15, 0.2) is 11.4 Å². The minimum absolute atomic E-state index is 0.0707. The molecule has 8 nitrogen and oxygen atoms in total. The fourth-order valence-electron chi connectivity index (χ4n) is 5.43. The highest BCUT2D eigenvalue weighted by Crippen LogP contribution is 2.29. The number of amides is 2. The van der Waals surface area contributed by atoms with E-state index in [9.17, 15) is 9.59 Å². The van der Waals surface area contributed by atoms with Crippen LogP contribution in [-0.2, 0) is 13.1 Å². The van der Waals surface area contributed by atoms with Gasteiger partial charge in [0.25, 0.3) is 11.8 Å². The molecule has 3 aromatic heterocycles. The molecule has 0 saturated heterocycles. The molecule has 0 aliphatic carbocycles. The fraction of sp³-hybridized carbons (Fsp3) is 0.0571. The van der Waals surface area contributed by atoms with Gasteiger partial charge in [-0.05, 0) is 59.7 Å². The number of nitrogens with zero attached hydrogens (tertiary/aromatic N) is 6. The lowest BCUT2D eigenvalue weighted by atomic mass is 10.1. The lowest BCUT2D eigenvalue weighted by Crippen LogP contribution is -2.38. The first-order chi connectivity index (χ1) is 22.8. The van der Waals surface area contributed by atoms with E-state index in [0.717, 1.165) is 16.0 Å². The van der Waals surface area contributed by atoms with Gasteiger partial charge in [0.05, 0.1) is 24.1 Å². The van der Waals surface area contributed by atoms with Crippen molar-refractivity contribution in [3.8, 4) is 0 Å². The normalized spacial score (nSPS) is 11.3. The van der Waals surface area contributed by atoms with Crippen molar-refractivity contribution in [1.29, 1.82) is 0 Å². The van der Waals surface area contributed by atoms with Crippen LogP contribution in [0, 0.1) is 0 Å². The molecule has 0 spiro atoms. The van der Waals surface area contributed by atoms with Gasteiger partial charge in [-0.25, -0.2) is 9.88 Å². The van der Waals surface area contributed by atoms with Gasteiger partial charge in [0, 0.05) is 37.1 Å². The number of pyridine rings is 1. The topological polar surface area (TPSA) is 85.9 Å². The number of hydrogen-bond donors (Lipinski definition) is 0. The summed E-state index contributed by atoms with van der Waals surface area (Å²) in [6.45, 7) is 0.535. The zero-order valence-corrected chi connectivity index (χ0v) is 27.3. The van der Waals surface area contributed by atoms with Crippen LogP contribution in [0.2, 0.25) is 20.1 Å². The number of rotatable bonds is 7. The predicted octanol–water partition coefficient (Wildman–Crippen LogP) is 8.98. The number of hydrogen-bond acceptors (Lipinski definition) is 5. The van der Waals surface area contributed by atoms with Gasteiger partial charge < -0.3 is 0 Å². The van der Waals surface area contributed by atoms with Gasteiger partial charge in [-0.3, -0.25) is 19.0 Å². The average molecular weight is 700 g/mol. The second kappa shape index (κ2) is 12.8. The Bertz CT molecular complexity index is 2180. The van der Waals surface area contributed by atoms with E-state index in [0.29, 0.717) is 41.9 Å². The van der Waals surface area contributed by atoms with Crippen LogP contribution >= 0.6 is 46.4 Å². The maximum absolute atomic E-state index is 14.5. The zero-order chi connectivity index (χ0) is 32.7. The summed E-state index contributed by atoms with van der Waals surface area (Å²) >= 11 is 25.2.